The molecule has 0 atom stereocenters. The number of fused-ring (bicyclic) bond motifs is 7. The maximum Gasteiger partial charge on any atom is 0.0165 e. The maximum absolute atomic E-state index is 2.49. The molecule has 2 aliphatic carbocycles. The normalized spacial score (nSPS) is 16.4. The largest absolute Gasteiger partial charge is 0.0516 e. The minimum absolute atomic E-state index is 0.0221. The summed E-state index contributed by atoms with van der Waals surface area (Å²) in [5, 5.41) is 0. The van der Waals surface area contributed by atoms with Crippen molar-refractivity contribution in [2.24, 2.45) is 0 Å². The molecule has 34 heavy (non-hydrogen) atoms. The summed E-state index contributed by atoms with van der Waals surface area (Å²) in [5.41, 5.74) is 27.1. The van der Waals surface area contributed by atoms with Gasteiger partial charge in [-0.1, -0.05) is 27.7 Å². The van der Waals surface area contributed by atoms with Gasteiger partial charge < -0.3 is 0 Å². The van der Waals surface area contributed by atoms with Crippen molar-refractivity contribution in [3.63, 3.8) is 0 Å². The van der Waals surface area contributed by atoms with Gasteiger partial charge in [-0.2, -0.15) is 0 Å². The average molecular weight is 451 g/mol. The van der Waals surface area contributed by atoms with E-state index in [1.807, 2.05) is 0 Å². The summed E-state index contributed by atoms with van der Waals surface area (Å²) in [6.07, 6.45) is 0. The third kappa shape index (κ3) is 2.36. The summed E-state index contributed by atoms with van der Waals surface area (Å²) in [6, 6.07) is 0. The minimum atomic E-state index is -0.0221. The number of hydrogen-bond donors (Lipinski definition) is 0. The highest BCUT2D eigenvalue weighted by molar-refractivity contribution is 5.98. The molecule has 0 heterocycles. The molecule has 0 fully saturated rings. The van der Waals surface area contributed by atoms with E-state index in [1.54, 1.807) is 22.3 Å². The molecule has 2 aliphatic rings. The fourth-order valence-corrected chi connectivity index (χ4v) is 7.94. The second kappa shape index (κ2) is 6.66. The van der Waals surface area contributed by atoms with Gasteiger partial charge in [0, 0.05) is 10.8 Å². The SMILES string of the molecule is Cc1c(C)c(C)c2c(c1C)-c1c(C)c(C)c3c(c1C2(C)C)C(C)(C)c1c(C)c(C)c(C)c(C)c1-3. The van der Waals surface area contributed by atoms with E-state index in [0.29, 0.717) is 0 Å². The summed E-state index contributed by atoms with van der Waals surface area (Å²) in [7, 11) is 0. The number of rotatable bonds is 0. The van der Waals surface area contributed by atoms with Crippen molar-refractivity contribution in [1.82, 2.24) is 0 Å². The first kappa shape index (κ1) is 23.4. The fraction of sp³-hybridized carbons (Fsp3) is 0.471. The summed E-state index contributed by atoms with van der Waals surface area (Å²) in [6.45, 7) is 33.4. The van der Waals surface area contributed by atoms with Gasteiger partial charge in [-0.15, -0.1) is 0 Å². The average Bonchev–Trinajstić information content (AvgIpc) is 3.15. The molecule has 0 saturated carbocycles. The van der Waals surface area contributed by atoms with Crippen molar-refractivity contribution >= 4 is 0 Å². The van der Waals surface area contributed by atoms with Crippen LogP contribution in [-0.2, 0) is 10.8 Å². The van der Waals surface area contributed by atoms with Gasteiger partial charge in [0.1, 0.15) is 0 Å². The van der Waals surface area contributed by atoms with Crippen LogP contribution in [0.2, 0.25) is 0 Å². The zero-order chi connectivity index (χ0) is 25.4. The molecule has 3 aromatic carbocycles. The molecule has 0 N–H and O–H groups in total. The topological polar surface area (TPSA) is 0 Å². The van der Waals surface area contributed by atoms with Crippen molar-refractivity contribution < 1.29 is 0 Å². The maximum atomic E-state index is 2.49. The van der Waals surface area contributed by atoms with E-state index in [1.165, 1.54) is 77.9 Å². The van der Waals surface area contributed by atoms with Crippen LogP contribution in [0.3, 0.4) is 0 Å². The van der Waals surface area contributed by atoms with Gasteiger partial charge in [-0.05, 0) is 169 Å². The molecule has 0 aromatic heterocycles. The molecule has 5 rings (SSSR count). The molecule has 0 aliphatic heterocycles. The third-order valence-electron chi connectivity index (χ3n) is 10.4. The quantitative estimate of drug-likeness (QED) is 0.320. The predicted molar refractivity (Wildman–Crippen MR) is 149 cm³/mol. The monoisotopic (exact) mass is 450 g/mol. The van der Waals surface area contributed by atoms with Gasteiger partial charge in [-0.25, -0.2) is 0 Å². The molecule has 0 saturated heterocycles. The summed E-state index contributed by atoms with van der Waals surface area (Å²) < 4.78 is 0. The van der Waals surface area contributed by atoms with Crippen LogP contribution >= 0.6 is 0 Å². The van der Waals surface area contributed by atoms with Crippen molar-refractivity contribution in [1.29, 1.82) is 0 Å². The lowest BCUT2D eigenvalue weighted by molar-refractivity contribution is 0.595. The van der Waals surface area contributed by atoms with Gasteiger partial charge in [0.05, 0.1) is 0 Å². The fourth-order valence-electron chi connectivity index (χ4n) is 7.94. The zero-order valence-corrected chi connectivity index (χ0v) is 24.0. The van der Waals surface area contributed by atoms with Crippen LogP contribution in [0.5, 0.6) is 0 Å². The van der Waals surface area contributed by atoms with Crippen LogP contribution in [0.15, 0.2) is 0 Å². The Bertz CT molecular complexity index is 1360. The van der Waals surface area contributed by atoms with Crippen LogP contribution in [0.4, 0.5) is 0 Å². The molecular formula is C34H42. The van der Waals surface area contributed by atoms with Gasteiger partial charge in [0.2, 0.25) is 0 Å². The van der Waals surface area contributed by atoms with Crippen LogP contribution in [0.1, 0.15) is 106 Å². The van der Waals surface area contributed by atoms with Crippen molar-refractivity contribution in [2.75, 3.05) is 0 Å². The second-order valence-electron chi connectivity index (χ2n) is 12.5. The summed E-state index contributed by atoms with van der Waals surface area (Å²) in [4.78, 5) is 0. The molecule has 3 aromatic rings. The van der Waals surface area contributed by atoms with Crippen molar-refractivity contribution in [3.8, 4) is 22.3 Å². The molecule has 0 nitrogen and oxygen atoms in total. The van der Waals surface area contributed by atoms with Crippen LogP contribution in [0.25, 0.3) is 22.3 Å². The Balaban J connectivity index is 2.06. The summed E-state index contributed by atoms with van der Waals surface area (Å²) >= 11 is 0. The highest BCUT2D eigenvalue weighted by Crippen LogP contribution is 2.63. The molecule has 0 spiro atoms. The zero-order valence-electron chi connectivity index (χ0n) is 24.0. The lowest BCUT2D eigenvalue weighted by Gasteiger charge is -2.33. The highest BCUT2D eigenvalue weighted by atomic mass is 14.5. The Kier molecular flexibility index (Phi) is 4.58. The predicted octanol–water partition coefficient (Wildman–Crippen LogP) is 9.38. The standard InChI is InChI=1S/C34H42/c1-15-17(3)23(9)29-25(19(15)5)27-21(7)22(8)28-26-20(6)16(2)18(4)24(10)30(26)34(13,14)32(28)31(27)33(29,11)12/h1-14H3. The van der Waals surface area contributed by atoms with Crippen LogP contribution in [0, 0.1) is 69.2 Å². The minimum Gasteiger partial charge on any atom is -0.0516 e. The molecule has 0 heteroatoms. The van der Waals surface area contributed by atoms with E-state index in [0.717, 1.165) is 0 Å². The Hall–Kier alpha value is -2.34. The number of benzene rings is 3. The molecule has 178 valence electrons. The molecule has 0 unspecified atom stereocenters. The van der Waals surface area contributed by atoms with Gasteiger partial charge in [0.25, 0.3) is 0 Å². The van der Waals surface area contributed by atoms with Crippen molar-refractivity contribution in [2.45, 2.75) is 108 Å². The molecule has 0 radical (unpaired) electrons. The summed E-state index contributed by atoms with van der Waals surface area (Å²) in [5.74, 6) is 0. The molecule has 0 bridgehead atoms. The van der Waals surface area contributed by atoms with Crippen molar-refractivity contribution in [3.05, 3.63) is 77.9 Å². The van der Waals surface area contributed by atoms with Gasteiger partial charge in [0.15, 0.2) is 0 Å². The first-order chi connectivity index (χ1) is 15.6. The van der Waals surface area contributed by atoms with E-state index in [4.69, 9.17) is 0 Å². The highest BCUT2D eigenvalue weighted by Gasteiger charge is 2.49. The lowest BCUT2D eigenvalue weighted by Crippen LogP contribution is -2.26. The van der Waals surface area contributed by atoms with E-state index in [2.05, 4.69) is 96.9 Å². The van der Waals surface area contributed by atoms with Gasteiger partial charge in [-0.3, -0.25) is 0 Å². The van der Waals surface area contributed by atoms with E-state index in [9.17, 15) is 0 Å². The lowest BCUT2D eigenvalue weighted by atomic mass is 9.70. The first-order valence-electron chi connectivity index (χ1n) is 13.0. The smallest absolute Gasteiger partial charge is 0.0165 e. The number of hydrogen-bond acceptors (Lipinski definition) is 0. The Morgan fingerprint density at radius 2 is 0.471 bits per heavy atom. The van der Waals surface area contributed by atoms with Crippen LogP contribution < -0.4 is 0 Å². The van der Waals surface area contributed by atoms with Crippen LogP contribution in [-0.4, -0.2) is 0 Å². The Labute approximate surface area is 207 Å². The van der Waals surface area contributed by atoms with Gasteiger partial charge >= 0.3 is 0 Å². The molecule has 0 amide bonds. The second-order valence-corrected chi connectivity index (χ2v) is 12.5. The molecular weight excluding hydrogens is 408 g/mol. The third-order valence-corrected chi connectivity index (χ3v) is 10.4. The van der Waals surface area contributed by atoms with E-state index in [-0.39, 0.29) is 10.8 Å². The van der Waals surface area contributed by atoms with E-state index >= 15 is 0 Å². The Morgan fingerprint density at radius 3 is 0.765 bits per heavy atom. The van der Waals surface area contributed by atoms with E-state index < -0.39 is 0 Å². The first-order valence-corrected chi connectivity index (χ1v) is 13.0. The Morgan fingerprint density at radius 1 is 0.265 bits per heavy atom.